The van der Waals surface area contributed by atoms with E-state index in [0.29, 0.717) is 22.3 Å². The Morgan fingerprint density at radius 2 is 2.00 bits per heavy atom. The van der Waals surface area contributed by atoms with E-state index in [0.717, 1.165) is 0 Å². The number of ether oxygens (including phenoxy) is 1. The molecule has 3 aromatic rings. The molecule has 0 saturated heterocycles. The number of imidazole rings is 1. The lowest BCUT2D eigenvalue weighted by Crippen LogP contribution is -2.31. The minimum absolute atomic E-state index is 0.0475. The molecule has 7 nitrogen and oxygen atoms in total. The molecule has 1 amide bonds. The van der Waals surface area contributed by atoms with Crippen LogP contribution >= 0.6 is 11.6 Å². The van der Waals surface area contributed by atoms with E-state index in [2.05, 4.69) is 9.72 Å². The van der Waals surface area contributed by atoms with Gasteiger partial charge in [0.05, 0.1) is 10.5 Å². The SMILES string of the molecule is CN(C)C(=O)Cn1c(=O)n(C)c2ncc(-c3ccc(Cl)c(OC(F)F)c3)cc21. The summed E-state index contributed by atoms with van der Waals surface area (Å²) in [5, 5.41) is 0.0475. The molecular formula is C18H17ClF2N4O3. The number of rotatable bonds is 5. The maximum absolute atomic E-state index is 12.6. The number of benzene rings is 1. The van der Waals surface area contributed by atoms with Crippen molar-refractivity contribution in [3.05, 3.63) is 46.0 Å². The molecule has 3 rings (SSSR count). The summed E-state index contributed by atoms with van der Waals surface area (Å²) in [6.45, 7) is -3.15. The first-order valence-corrected chi connectivity index (χ1v) is 8.57. The summed E-state index contributed by atoms with van der Waals surface area (Å²) in [5.41, 5.74) is 1.55. The Hall–Kier alpha value is -2.94. The Kier molecular flexibility index (Phi) is 5.37. The van der Waals surface area contributed by atoms with E-state index in [4.69, 9.17) is 11.6 Å². The molecule has 0 aliphatic rings. The van der Waals surface area contributed by atoms with Crippen molar-refractivity contribution in [2.75, 3.05) is 14.1 Å². The number of amides is 1. The minimum atomic E-state index is -3.01. The number of hydrogen-bond donors (Lipinski definition) is 0. The molecule has 0 unspecified atom stereocenters. The molecule has 0 aliphatic carbocycles. The van der Waals surface area contributed by atoms with Crippen molar-refractivity contribution in [2.45, 2.75) is 13.2 Å². The molecule has 148 valence electrons. The number of hydrogen-bond acceptors (Lipinski definition) is 4. The van der Waals surface area contributed by atoms with Crippen LogP contribution < -0.4 is 10.4 Å². The Bertz CT molecular complexity index is 1110. The summed E-state index contributed by atoms with van der Waals surface area (Å²) in [4.78, 5) is 30.3. The fourth-order valence-corrected chi connectivity index (χ4v) is 2.90. The van der Waals surface area contributed by atoms with E-state index in [-0.39, 0.29) is 28.9 Å². The topological polar surface area (TPSA) is 69.4 Å². The largest absolute Gasteiger partial charge is 0.433 e. The fourth-order valence-electron chi connectivity index (χ4n) is 2.73. The number of aryl methyl sites for hydroxylation is 1. The molecule has 2 heterocycles. The van der Waals surface area contributed by atoms with Gasteiger partial charge in [0.2, 0.25) is 5.91 Å². The second-order valence-electron chi connectivity index (χ2n) is 6.31. The summed E-state index contributed by atoms with van der Waals surface area (Å²) in [7, 11) is 4.76. The highest BCUT2D eigenvalue weighted by molar-refractivity contribution is 6.32. The first-order valence-electron chi connectivity index (χ1n) is 8.19. The average Bonchev–Trinajstić information content (AvgIpc) is 2.87. The quantitative estimate of drug-likeness (QED) is 0.648. The molecule has 2 aromatic heterocycles. The van der Waals surface area contributed by atoms with E-state index in [1.165, 1.54) is 32.4 Å². The molecule has 0 spiro atoms. The van der Waals surface area contributed by atoms with Gasteiger partial charge in [0.25, 0.3) is 0 Å². The predicted molar refractivity (Wildman–Crippen MR) is 101 cm³/mol. The molecule has 1 aromatic carbocycles. The van der Waals surface area contributed by atoms with Crippen molar-refractivity contribution in [1.82, 2.24) is 19.0 Å². The summed E-state index contributed by atoms with van der Waals surface area (Å²) in [6.07, 6.45) is 1.51. The molecular weight excluding hydrogens is 394 g/mol. The van der Waals surface area contributed by atoms with Gasteiger partial charge < -0.3 is 9.64 Å². The van der Waals surface area contributed by atoms with Crippen LogP contribution in [0.4, 0.5) is 8.78 Å². The first-order chi connectivity index (χ1) is 13.2. The average molecular weight is 411 g/mol. The Labute approximate surface area is 163 Å². The van der Waals surface area contributed by atoms with Crippen molar-refractivity contribution in [3.63, 3.8) is 0 Å². The van der Waals surface area contributed by atoms with Crippen LogP contribution in [0.25, 0.3) is 22.3 Å². The van der Waals surface area contributed by atoms with Crippen LogP contribution in [0.1, 0.15) is 0 Å². The fraction of sp³-hybridized carbons (Fsp3) is 0.278. The number of nitrogens with zero attached hydrogens (tertiary/aromatic N) is 4. The van der Waals surface area contributed by atoms with Gasteiger partial charge in [-0.3, -0.25) is 13.9 Å². The predicted octanol–water partition coefficient (Wildman–Crippen LogP) is 2.75. The maximum atomic E-state index is 12.6. The van der Waals surface area contributed by atoms with E-state index < -0.39 is 6.61 Å². The van der Waals surface area contributed by atoms with Crippen LogP contribution in [0.5, 0.6) is 5.75 Å². The lowest BCUT2D eigenvalue weighted by molar-refractivity contribution is -0.129. The van der Waals surface area contributed by atoms with Crippen molar-refractivity contribution in [1.29, 1.82) is 0 Å². The molecule has 28 heavy (non-hydrogen) atoms. The normalized spacial score (nSPS) is 11.2. The van der Waals surface area contributed by atoms with Crippen LogP contribution in [-0.4, -0.2) is 45.6 Å². The standard InChI is InChI=1S/C18H17ClF2N4O3/c1-23(2)15(26)9-25-13-6-11(8-22-16(13)24(3)18(25)27)10-4-5-12(19)14(7-10)28-17(20)21/h4-8,17H,9H2,1-3H3. The van der Waals surface area contributed by atoms with Crippen molar-refractivity contribution in [2.24, 2.45) is 7.05 Å². The van der Waals surface area contributed by atoms with Gasteiger partial charge >= 0.3 is 12.3 Å². The third-order valence-corrected chi connectivity index (χ3v) is 4.56. The molecule has 0 saturated carbocycles. The van der Waals surface area contributed by atoms with Crippen molar-refractivity contribution < 1.29 is 18.3 Å². The van der Waals surface area contributed by atoms with Crippen LogP contribution in [0.15, 0.2) is 35.3 Å². The molecule has 0 fully saturated rings. The van der Waals surface area contributed by atoms with Crippen molar-refractivity contribution >= 4 is 28.7 Å². The molecule has 0 radical (unpaired) electrons. The number of halogens is 3. The second kappa shape index (κ2) is 7.59. The molecule has 0 N–H and O–H groups in total. The molecule has 10 heteroatoms. The molecule has 0 bridgehead atoms. The van der Waals surface area contributed by atoms with Gasteiger partial charge in [-0.25, -0.2) is 9.78 Å². The van der Waals surface area contributed by atoms with Gasteiger partial charge in [0.1, 0.15) is 12.3 Å². The van der Waals surface area contributed by atoms with E-state index >= 15 is 0 Å². The number of carbonyl (C=O) groups excluding carboxylic acids is 1. The summed E-state index contributed by atoms with van der Waals surface area (Å²) in [5.74, 6) is -0.415. The summed E-state index contributed by atoms with van der Waals surface area (Å²) in [6, 6.07) is 6.10. The zero-order chi connectivity index (χ0) is 20.6. The minimum Gasteiger partial charge on any atom is -0.433 e. The van der Waals surface area contributed by atoms with Gasteiger partial charge in [0.15, 0.2) is 5.65 Å². The van der Waals surface area contributed by atoms with Crippen LogP contribution in [0, 0.1) is 0 Å². The van der Waals surface area contributed by atoms with Gasteiger partial charge in [-0.15, -0.1) is 0 Å². The van der Waals surface area contributed by atoms with Gasteiger partial charge in [-0.1, -0.05) is 17.7 Å². The lowest BCUT2D eigenvalue weighted by Gasteiger charge is -2.11. The number of carbonyl (C=O) groups is 1. The van der Waals surface area contributed by atoms with E-state index in [9.17, 15) is 18.4 Å². The highest BCUT2D eigenvalue weighted by Crippen LogP contribution is 2.32. The smallest absolute Gasteiger partial charge is 0.387 e. The Morgan fingerprint density at radius 3 is 2.64 bits per heavy atom. The first kappa shape index (κ1) is 19.8. The van der Waals surface area contributed by atoms with Crippen molar-refractivity contribution in [3.8, 4) is 16.9 Å². The third-order valence-electron chi connectivity index (χ3n) is 4.25. The zero-order valence-electron chi connectivity index (χ0n) is 15.3. The van der Waals surface area contributed by atoms with Crippen LogP contribution in [-0.2, 0) is 18.4 Å². The van der Waals surface area contributed by atoms with Gasteiger partial charge in [-0.2, -0.15) is 8.78 Å². The number of alkyl halides is 2. The summed E-state index contributed by atoms with van der Waals surface area (Å²) >= 11 is 5.89. The zero-order valence-corrected chi connectivity index (χ0v) is 16.1. The van der Waals surface area contributed by atoms with E-state index in [1.54, 1.807) is 33.3 Å². The Morgan fingerprint density at radius 1 is 1.29 bits per heavy atom. The number of pyridine rings is 1. The maximum Gasteiger partial charge on any atom is 0.387 e. The third kappa shape index (κ3) is 3.70. The monoisotopic (exact) mass is 410 g/mol. The van der Waals surface area contributed by atoms with Gasteiger partial charge in [0, 0.05) is 32.9 Å². The second-order valence-corrected chi connectivity index (χ2v) is 6.71. The number of likely N-dealkylation sites (N-methyl/N-ethyl adjacent to an activating group) is 1. The van der Waals surface area contributed by atoms with E-state index in [1.807, 2.05) is 0 Å². The highest BCUT2D eigenvalue weighted by atomic mass is 35.5. The summed E-state index contributed by atoms with van der Waals surface area (Å²) < 4.78 is 32.2. The van der Waals surface area contributed by atoms with Crippen LogP contribution in [0.3, 0.4) is 0 Å². The lowest BCUT2D eigenvalue weighted by atomic mass is 10.1. The number of aromatic nitrogens is 3. The molecule has 0 atom stereocenters. The Balaban J connectivity index is 2.12. The highest BCUT2D eigenvalue weighted by Gasteiger charge is 2.17. The number of fused-ring (bicyclic) bond motifs is 1. The van der Waals surface area contributed by atoms with Crippen LogP contribution in [0.2, 0.25) is 5.02 Å². The van der Waals surface area contributed by atoms with Gasteiger partial charge in [-0.05, 0) is 23.8 Å². The molecule has 0 aliphatic heterocycles.